The quantitative estimate of drug-likeness (QED) is 0.266. The zero-order valence-electron chi connectivity index (χ0n) is 13.9. The SMILES string of the molecule is CCOC(=O)c1c(N)nc2[nH]c(=S)[nH]c(=O)c2c1-c1ccc([N+](=O)[O-])cc1. The number of nitrogen functional groups attached to an aromatic ring is 1. The highest BCUT2D eigenvalue weighted by molar-refractivity contribution is 7.71. The Kier molecular flexibility index (Phi) is 4.69. The van der Waals surface area contributed by atoms with Crippen molar-refractivity contribution in [2.75, 3.05) is 12.3 Å². The minimum atomic E-state index is -0.764. The van der Waals surface area contributed by atoms with E-state index in [1.165, 1.54) is 24.3 Å². The number of aromatic nitrogens is 3. The number of hydrogen-bond donors (Lipinski definition) is 3. The predicted molar refractivity (Wildman–Crippen MR) is 100 cm³/mol. The van der Waals surface area contributed by atoms with Gasteiger partial charge in [0.25, 0.3) is 11.2 Å². The molecule has 0 aliphatic rings. The lowest BCUT2D eigenvalue weighted by molar-refractivity contribution is -0.384. The van der Waals surface area contributed by atoms with Gasteiger partial charge in [-0.2, -0.15) is 0 Å². The highest BCUT2D eigenvalue weighted by atomic mass is 32.1. The van der Waals surface area contributed by atoms with Crippen molar-refractivity contribution < 1.29 is 14.5 Å². The number of nitrogens with two attached hydrogens (primary N) is 1. The standard InChI is InChI=1S/C16H13N5O5S/c1-2-26-15(23)10-9(7-3-5-8(6-4-7)21(24)25)11-13(18-12(10)17)19-16(27)20-14(11)22/h3-6H,2H2,1H3,(H4,17,18,19,20,22,27). The van der Waals surface area contributed by atoms with Crippen molar-refractivity contribution in [1.29, 1.82) is 0 Å². The second-order valence-corrected chi connectivity index (χ2v) is 5.81. The molecule has 2 heterocycles. The fraction of sp³-hybridized carbons (Fsp3) is 0.125. The molecule has 0 bridgehead atoms. The normalized spacial score (nSPS) is 10.7. The number of nitrogens with zero attached hydrogens (tertiary/aromatic N) is 2. The number of ether oxygens (including phenoxy) is 1. The Bertz CT molecular complexity index is 1180. The molecule has 0 spiro atoms. The molecule has 0 radical (unpaired) electrons. The number of fused-ring (bicyclic) bond motifs is 1. The van der Waals surface area contributed by atoms with Gasteiger partial charge in [-0.15, -0.1) is 0 Å². The Morgan fingerprint density at radius 3 is 2.59 bits per heavy atom. The summed E-state index contributed by atoms with van der Waals surface area (Å²) < 4.78 is 5.07. The number of anilines is 1. The molecular formula is C16H13N5O5S. The van der Waals surface area contributed by atoms with Crippen LogP contribution in [-0.4, -0.2) is 32.5 Å². The van der Waals surface area contributed by atoms with Crippen LogP contribution in [0.25, 0.3) is 22.2 Å². The minimum Gasteiger partial charge on any atom is -0.462 e. The Hall–Kier alpha value is -3.60. The second-order valence-electron chi connectivity index (χ2n) is 5.40. The van der Waals surface area contributed by atoms with Crippen LogP contribution in [0.1, 0.15) is 17.3 Å². The lowest BCUT2D eigenvalue weighted by Crippen LogP contribution is -2.17. The van der Waals surface area contributed by atoms with Crippen molar-refractivity contribution in [3.8, 4) is 11.1 Å². The average molecular weight is 387 g/mol. The zero-order chi connectivity index (χ0) is 19.7. The van der Waals surface area contributed by atoms with Gasteiger partial charge in [0.1, 0.15) is 17.0 Å². The second kappa shape index (κ2) is 6.96. The molecular weight excluding hydrogens is 374 g/mol. The third-order valence-corrected chi connectivity index (χ3v) is 3.96. The smallest absolute Gasteiger partial charge is 0.342 e. The number of hydrogen-bond acceptors (Lipinski definition) is 8. The van der Waals surface area contributed by atoms with Crippen LogP contribution in [-0.2, 0) is 4.74 Å². The molecule has 3 aromatic rings. The highest BCUT2D eigenvalue weighted by Gasteiger charge is 2.24. The number of nitro groups is 1. The van der Waals surface area contributed by atoms with Gasteiger partial charge >= 0.3 is 5.97 Å². The van der Waals surface area contributed by atoms with Gasteiger partial charge in [-0.05, 0) is 36.8 Å². The van der Waals surface area contributed by atoms with E-state index >= 15 is 0 Å². The Morgan fingerprint density at radius 1 is 1.33 bits per heavy atom. The summed E-state index contributed by atoms with van der Waals surface area (Å²) in [6, 6.07) is 5.34. The molecule has 0 aliphatic carbocycles. The fourth-order valence-corrected chi connectivity index (χ4v) is 2.86. The van der Waals surface area contributed by atoms with Crippen LogP contribution < -0.4 is 11.3 Å². The lowest BCUT2D eigenvalue weighted by atomic mass is 9.97. The summed E-state index contributed by atoms with van der Waals surface area (Å²) in [5.74, 6) is -0.926. The highest BCUT2D eigenvalue weighted by Crippen LogP contribution is 2.33. The molecule has 3 rings (SSSR count). The van der Waals surface area contributed by atoms with E-state index in [4.69, 9.17) is 22.7 Å². The van der Waals surface area contributed by atoms with E-state index in [9.17, 15) is 19.7 Å². The Morgan fingerprint density at radius 2 is 2.00 bits per heavy atom. The summed E-state index contributed by atoms with van der Waals surface area (Å²) >= 11 is 4.94. The summed E-state index contributed by atoms with van der Waals surface area (Å²) in [6.07, 6.45) is 0. The number of non-ortho nitro benzene ring substituents is 1. The molecule has 27 heavy (non-hydrogen) atoms. The predicted octanol–water partition coefficient (Wildman–Crippen LogP) is 2.31. The molecule has 138 valence electrons. The summed E-state index contributed by atoms with van der Waals surface area (Å²) in [6.45, 7) is 1.71. The molecule has 0 aliphatic heterocycles. The van der Waals surface area contributed by atoms with Crippen LogP contribution in [0, 0.1) is 14.9 Å². The number of H-pyrrole nitrogens is 2. The van der Waals surface area contributed by atoms with Crippen molar-refractivity contribution in [2.45, 2.75) is 6.92 Å². The molecule has 1 aromatic carbocycles. The summed E-state index contributed by atoms with van der Waals surface area (Å²) in [4.78, 5) is 44.5. The maximum absolute atomic E-state index is 12.5. The van der Waals surface area contributed by atoms with Gasteiger partial charge in [-0.1, -0.05) is 0 Å². The zero-order valence-corrected chi connectivity index (χ0v) is 14.8. The van der Waals surface area contributed by atoms with E-state index in [-0.39, 0.29) is 45.0 Å². The van der Waals surface area contributed by atoms with Crippen molar-refractivity contribution >= 4 is 40.7 Å². The first kappa shape index (κ1) is 18.2. The van der Waals surface area contributed by atoms with E-state index in [1.807, 2.05) is 0 Å². The average Bonchev–Trinajstić information content (AvgIpc) is 2.60. The van der Waals surface area contributed by atoms with Gasteiger partial charge in [0, 0.05) is 17.7 Å². The third kappa shape index (κ3) is 3.27. The first-order chi connectivity index (χ1) is 12.8. The Labute approximate surface area is 156 Å². The Balaban J connectivity index is 2.44. The lowest BCUT2D eigenvalue weighted by Gasteiger charge is -2.13. The number of rotatable bonds is 4. The number of carbonyl (C=O) groups is 1. The van der Waals surface area contributed by atoms with E-state index in [2.05, 4.69) is 15.0 Å². The van der Waals surface area contributed by atoms with E-state index in [1.54, 1.807) is 6.92 Å². The molecule has 0 saturated carbocycles. The number of benzene rings is 1. The first-order valence-corrected chi connectivity index (χ1v) is 8.12. The fourth-order valence-electron chi connectivity index (χ4n) is 2.67. The van der Waals surface area contributed by atoms with Crippen LogP contribution in [0.4, 0.5) is 11.5 Å². The van der Waals surface area contributed by atoms with Crippen molar-refractivity contribution in [3.05, 3.63) is 55.1 Å². The maximum atomic E-state index is 12.5. The van der Waals surface area contributed by atoms with Gasteiger partial charge in [0.05, 0.1) is 16.9 Å². The molecule has 0 saturated heterocycles. The van der Waals surface area contributed by atoms with E-state index in [0.717, 1.165) is 0 Å². The van der Waals surface area contributed by atoms with Crippen molar-refractivity contribution in [2.24, 2.45) is 0 Å². The number of carbonyl (C=O) groups excluding carboxylic acids is 1. The van der Waals surface area contributed by atoms with Gasteiger partial charge in [-0.25, -0.2) is 9.78 Å². The minimum absolute atomic E-state index is 0.0368. The molecule has 10 nitrogen and oxygen atoms in total. The molecule has 4 N–H and O–H groups in total. The summed E-state index contributed by atoms with van der Waals surface area (Å²) in [5, 5.41) is 10.9. The molecule has 0 atom stereocenters. The molecule has 0 amide bonds. The summed E-state index contributed by atoms with van der Waals surface area (Å²) in [7, 11) is 0. The molecule has 2 aromatic heterocycles. The maximum Gasteiger partial charge on any atom is 0.342 e. The van der Waals surface area contributed by atoms with Crippen molar-refractivity contribution in [1.82, 2.24) is 15.0 Å². The van der Waals surface area contributed by atoms with Crippen molar-refractivity contribution in [3.63, 3.8) is 0 Å². The summed E-state index contributed by atoms with van der Waals surface area (Å²) in [5.41, 5.74) is 5.72. The molecule has 11 heteroatoms. The van der Waals surface area contributed by atoms with Gasteiger partial charge in [-0.3, -0.25) is 19.9 Å². The van der Waals surface area contributed by atoms with E-state index in [0.29, 0.717) is 5.56 Å². The largest absolute Gasteiger partial charge is 0.462 e. The number of esters is 1. The number of aromatic amines is 2. The van der Waals surface area contributed by atoms with Gasteiger partial charge in [0.2, 0.25) is 0 Å². The van der Waals surface area contributed by atoms with Crippen LogP contribution in [0.3, 0.4) is 0 Å². The van der Waals surface area contributed by atoms with Gasteiger partial charge < -0.3 is 15.5 Å². The molecule has 0 fully saturated rings. The van der Waals surface area contributed by atoms with Gasteiger partial charge in [0.15, 0.2) is 4.77 Å². The van der Waals surface area contributed by atoms with Crippen LogP contribution in [0.15, 0.2) is 29.1 Å². The third-order valence-electron chi connectivity index (χ3n) is 3.76. The first-order valence-electron chi connectivity index (χ1n) is 7.71. The number of pyridine rings is 1. The monoisotopic (exact) mass is 387 g/mol. The van der Waals surface area contributed by atoms with Crippen LogP contribution >= 0.6 is 12.2 Å². The number of nitro benzene ring substituents is 1. The van der Waals surface area contributed by atoms with E-state index < -0.39 is 16.5 Å². The topological polar surface area (TPSA) is 157 Å². The molecule has 0 unspecified atom stereocenters. The van der Waals surface area contributed by atoms with Crippen LogP contribution in [0.2, 0.25) is 0 Å². The number of nitrogens with one attached hydrogen (secondary N) is 2. The van der Waals surface area contributed by atoms with Crippen LogP contribution in [0.5, 0.6) is 0 Å².